The summed E-state index contributed by atoms with van der Waals surface area (Å²) in [6.07, 6.45) is 4.81. The van der Waals surface area contributed by atoms with Crippen LogP contribution in [0.15, 0.2) is 55.0 Å². The zero-order valence-electron chi connectivity index (χ0n) is 12.8. The van der Waals surface area contributed by atoms with E-state index in [1.54, 1.807) is 24.1 Å². The van der Waals surface area contributed by atoms with Gasteiger partial charge in [-0.05, 0) is 29.8 Å². The number of ether oxygens (including phenoxy) is 1. The van der Waals surface area contributed by atoms with Crippen LogP contribution in [0.4, 0.5) is 0 Å². The van der Waals surface area contributed by atoms with Gasteiger partial charge in [0, 0.05) is 24.2 Å². The van der Waals surface area contributed by atoms with Crippen molar-refractivity contribution < 1.29 is 14.6 Å². The summed E-state index contributed by atoms with van der Waals surface area (Å²) in [5.74, 6) is 0.0926. The molecule has 1 aromatic carbocycles. The highest BCUT2D eigenvalue weighted by atomic mass is 16.5. The Morgan fingerprint density at radius 2 is 2.12 bits per heavy atom. The molecule has 0 spiro atoms. The summed E-state index contributed by atoms with van der Waals surface area (Å²) >= 11 is 0. The van der Waals surface area contributed by atoms with E-state index in [1.165, 1.54) is 18.3 Å². The summed E-state index contributed by atoms with van der Waals surface area (Å²) in [5.41, 5.74) is 2.15. The molecular weight excluding hydrogens is 306 g/mol. The van der Waals surface area contributed by atoms with Crippen LogP contribution in [0.5, 0.6) is 5.75 Å². The summed E-state index contributed by atoms with van der Waals surface area (Å²) < 4.78 is 6.85. The maximum Gasteiger partial charge on any atom is 0.335 e. The van der Waals surface area contributed by atoms with Crippen LogP contribution in [0, 0.1) is 11.3 Å². The van der Waals surface area contributed by atoms with Crippen LogP contribution in [0.25, 0.3) is 16.9 Å². The molecule has 0 atom stereocenters. The van der Waals surface area contributed by atoms with Gasteiger partial charge in [0.05, 0.1) is 18.2 Å². The van der Waals surface area contributed by atoms with Crippen molar-refractivity contribution in [3.05, 3.63) is 66.1 Å². The quantitative estimate of drug-likeness (QED) is 0.798. The van der Waals surface area contributed by atoms with Crippen LogP contribution in [-0.2, 0) is 0 Å². The molecule has 0 radical (unpaired) electrons. The Balaban J connectivity index is 2.10. The number of hydrogen-bond acceptors (Lipinski definition) is 4. The molecule has 0 aliphatic rings. The van der Waals surface area contributed by atoms with Gasteiger partial charge in [0.25, 0.3) is 0 Å². The summed E-state index contributed by atoms with van der Waals surface area (Å²) in [7, 11) is 1.58. The third-order valence-corrected chi connectivity index (χ3v) is 3.58. The second-order valence-electron chi connectivity index (χ2n) is 5.04. The van der Waals surface area contributed by atoms with Gasteiger partial charge in [-0.25, -0.2) is 9.78 Å². The maximum atomic E-state index is 11.1. The fourth-order valence-electron chi connectivity index (χ4n) is 2.39. The van der Waals surface area contributed by atoms with E-state index in [2.05, 4.69) is 11.1 Å². The fraction of sp³-hybridized carbons (Fsp3) is 0.0556. The van der Waals surface area contributed by atoms with E-state index in [0.29, 0.717) is 17.1 Å². The summed E-state index contributed by atoms with van der Waals surface area (Å²) in [5, 5.41) is 18.5. The smallest absolute Gasteiger partial charge is 0.335 e. The molecule has 24 heavy (non-hydrogen) atoms. The Bertz CT molecular complexity index is 954. The van der Waals surface area contributed by atoms with Crippen molar-refractivity contribution in [2.75, 3.05) is 7.11 Å². The molecule has 0 unspecified atom stereocenters. The highest BCUT2D eigenvalue weighted by Crippen LogP contribution is 2.28. The third-order valence-electron chi connectivity index (χ3n) is 3.58. The lowest BCUT2D eigenvalue weighted by atomic mass is 10.1. The van der Waals surface area contributed by atoms with Crippen molar-refractivity contribution >= 4 is 5.97 Å². The predicted molar refractivity (Wildman–Crippen MR) is 87.2 cm³/mol. The van der Waals surface area contributed by atoms with Crippen molar-refractivity contribution in [2.45, 2.75) is 0 Å². The van der Waals surface area contributed by atoms with Crippen molar-refractivity contribution in [3.63, 3.8) is 0 Å². The van der Waals surface area contributed by atoms with Gasteiger partial charge in [-0.15, -0.1) is 0 Å². The topological polar surface area (TPSA) is 88.1 Å². The molecule has 0 amide bonds. The zero-order chi connectivity index (χ0) is 17.1. The second-order valence-corrected chi connectivity index (χ2v) is 5.04. The molecule has 0 saturated heterocycles. The summed E-state index contributed by atoms with van der Waals surface area (Å²) in [6.45, 7) is 0. The van der Waals surface area contributed by atoms with Gasteiger partial charge < -0.3 is 14.4 Å². The molecule has 0 fully saturated rings. The monoisotopic (exact) mass is 319 g/mol. The Morgan fingerprint density at radius 1 is 1.29 bits per heavy atom. The molecule has 1 N–H and O–H groups in total. The number of carboxylic acid groups (broad SMARTS) is 1. The minimum atomic E-state index is -1.03. The molecule has 3 rings (SSSR count). The Kier molecular flexibility index (Phi) is 4.00. The number of pyridine rings is 1. The first-order valence-electron chi connectivity index (χ1n) is 7.08. The Morgan fingerprint density at radius 3 is 2.83 bits per heavy atom. The molecule has 0 aliphatic heterocycles. The van der Waals surface area contributed by atoms with Gasteiger partial charge >= 0.3 is 5.97 Å². The van der Waals surface area contributed by atoms with E-state index in [-0.39, 0.29) is 5.56 Å². The number of methoxy groups -OCH3 is 1. The average Bonchev–Trinajstić information content (AvgIpc) is 3.06. The number of hydrogen-bond donors (Lipinski definition) is 1. The minimum Gasteiger partial charge on any atom is -0.497 e. The van der Waals surface area contributed by atoms with Crippen LogP contribution in [0.2, 0.25) is 0 Å². The molecule has 0 saturated carbocycles. The first-order chi connectivity index (χ1) is 11.6. The Hall–Kier alpha value is -3.59. The zero-order valence-corrected chi connectivity index (χ0v) is 12.8. The number of nitriles is 1. The van der Waals surface area contributed by atoms with E-state index in [4.69, 9.17) is 9.84 Å². The Labute approximate surface area is 138 Å². The predicted octanol–water partition coefficient (Wildman–Crippen LogP) is 3.12. The molecule has 6 heteroatoms. The molecule has 2 aromatic heterocycles. The number of benzene rings is 1. The molecule has 0 bridgehead atoms. The van der Waals surface area contributed by atoms with E-state index in [0.717, 1.165) is 11.1 Å². The van der Waals surface area contributed by atoms with E-state index < -0.39 is 5.97 Å². The molecule has 118 valence electrons. The van der Waals surface area contributed by atoms with Crippen molar-refractivity contribution in [2.24, 2.45) is 0 Å². The van der Waals surface area contributed by atoms with Gasteiger partial charge in [-0.1, -0.05) is 12.1 Å². The molecule has 6 nitrogen and oxygen atoms in total. The molecule has 2 heterocycles. The number of aromatic carboxylic acids is 1. The average molecular weight is 319 g/mol. The number of carboxylic acids is 1. The van der Waals surface area contributed by atoms with E-state index in [9.17, 15) is 10.1 Å². The third kappa shape index (κ3) is 2.83. The molecule has 0 aliphatic carbocycles. The standard InChI is InChI=1S/C18H13N3O3/c1-24-15-4-2-3-12(7-15)16-11-21(10-14(16)9-19)17-8-13(18(22)23)5-6-20-17/h2-8,10-11H,1H3,(H,22,23). The lowest BCUT2D eigenvalue weighted by Crippen LogP contribution is -2.00. The number of aromatic nitrogens is 2. The summed E-state index contributed by atoms with van der Waals surface area (Å²) in [4.78, 5) is 15.3. The van der Waals surface area contributed by atoms with Crippen molar-refractivity contribution in [3.8, 4) is 28.8 Å². The summed E-state index contributed by atoms with van der Waals surface area (Å²) in [6, 6.07) is 12.4. The van der Waals surface area contributed by atoms with E-state index in [1.807, 2.05) is 24.3 Å². The SMILES string of the molecule is COc1cccc(-c2cn(-c3cc(C(=O)O)ccn3)cc2C#N)c1. The van der Waals surface area contributed by atoms with Gasteiger partial charge in [-0.3, -0.25) is 0 Å². The van der Waals surface area contributed by atoms with Crippen molar-refractivity contribution in [1.29, 1.82) is 5.26 Å². The van der Waals surface area contributed by atoms with Gasteiger partial charge in [0.15, 0.2) is 0 Å². The highest BCUT2D eigenvalue weighted by Gasteiger charge is 2.12. The largest absolute Gasteiger partial charge is 0.497 e. The normalized spacial score (nSPS) is 10.2. The number of carbonyl (C=O) groups is 1. The van der Waals surface area contributed by atoms with Crippen LogP contribution in [0.3, 0.4) is 0 Å². The molecular formula is C18H13N3O3. The lowest BCUT2D eigenvalue weighted by Gasteiger charge is -2.04. The van der Waals surface area contributed by atoms with Gasteiger partial charge in [0.1, 0.15) is 17.6 Å². The van der Waals surface area contributed by atoms with Crippen LogP contribution in [0.1, 0.15) is 15.9 Å². The maximum absolute atomic E-state index is 11.1. The first-order valence-corrected chi connectivity index (χ1v) is 7.08. The second kappa shape index (κ2) is 6.26. The number of nitrogens with zero attached hydrogens (tertiary/aromatic N) is 3. The van der Waals surface area contributed by atoms with Crippen LogP contribution in [-0.4, -0.2) is 27.7 Å². The van der Waals surface area contributed by atoms with Crippen LogP contribution < -0.4 is 4.74 Å². The molecule has 3 aromatic rings. The van der Waals surface area contributed by atoms with Gasteiger partial charge in [-0.2, -0.15) is 5.26 Å². The fourth-order valence-corrected chi connectivity index (χ4v) is 2.39. The highest BCUT2D eigenvalue weighted by molar-refractivity contribution is 5.88. The van der Waals surface area contributed by atoms with Crippen LogP contribution >= 0.6 is 0 Å². The van der Waals surface area contributed by atoms with Crippen molar-refractivity contribution in [1.82, 2.24) is 9.55 Å². The van der Waals surface area contributed by atoms with Gasteiger partial charge in [0.2, 0.25) is 0 Å². The first kappa shape index (κ1) is 15.3. The lowest BCUT2D eigenvalue weighted by molar-refractivity contribution is 0.0696. The van der Waals surface area contributed by atoms with E-state index >= 15 is 0 Å². The number of rotatable bonds is 4. The minimum absolute atomic E-state index is 0.134.